The van der Waals surface area contributed by atoms with Crippen LogP contribution in [0.25, 0.3) is 0 Å². The van der Waals surface area contributed by atoms with E-state index in [2.05, 4.69) is 88.1 Å². The van der Waals surface area contributed by atoms with Crippen LogP contribution in [0.2, 0.25) is 0 Å². The molecule has 30 heavy (non-hydrogen) atoms. The van der Waals surface area contributed by atoms with Crippen molar-refractivity contribution >= 4 is 0 Å². The monoisotopic (exact) mass is 409 g/mol. The summed E-state index contributed by atoms with van der Waals surface area (Å²) in [5, 5.41) is 6.98. The lowest BCUT2D eigenvalue weighted by molar-refractivity contribution is 0.333. The number of hydrogen-bond acceptors (Lipinski definition) is 3. The number of allylic oxidation sites excluding steroid dienone is 2. The second-order valence-electron chi connectivity index (χ2n) is 9.00. The highest BCUT2D eigenvalue weighted by atomic mass is 15.2. The Hall–Kier alpha value is -2.16. The SMILES string of the molecule is C=C(CN(CC)C(=C)C(C)Cc1c(C)cccc1CC)NC(C)CC1CCNC1=C. The lowest BCUT2D eigenvalue weighted by Gasteiger charge is -2.32. The van der Waals surface area contributed by atoms with Crippen LogP contribution in [0.5, 0.6) is 0 Å². The smallest absolute Gasteiger partial charge is 0.0567 e. The zero-order valence-electron chi connectivity index (χ0n) is 20.0. The second kappa shape index (κ2) is 11.3. The Morgan fingerprint density at radius 2 is 2.00 bits per heavy atom. The lowest BCUT2D eigenvalue weighted by atomic mass is 9.90. The van der Waals surface area contributed by atoms with Crippen molar-refractivity contribution in [3.63, 3.8) is 0 Å². The van der Waals surface area contributed by atoms with Crippen molar-refractivity contribution in [2.24, 2.45) is 11.8 Å². The number of nitrogens with one attached hydrogen (secondary N) is 2. The summed E-state index contributed by atoms with van der Waals surface area (Å²) in [4.78, 5) is 2.37. The van der Waals surface area contributed by atoms with Crippen LogP contribution in [0.1, 0.15) is 57.2 Å². The molecule has 1 heterocycles. The van der Waals surface area contributed by atoms with Crippen LogP contribution in [0.15, 0.2) is 55.0 Å². The zero-order chi connectivity index (χ0) is 22.3. The number of rotatable bonds is 12. The van der Waals surface area contributed by atoms with Gasteiger partial charge >= 0.3 is 0 Å². The largest absolute Gasteiger partial charge is 0.389 e. The maximum Gasteiger partial charge on any atom is 0.0567 e. The molecule has 1 saturated heterocycles. The fraction of sp³-hybridized carbons (Fsp3) is 0.556. The van der Waals surface area contributed by atoms with E-state index in [9.17, 15) is 0 Å². The van der Waals surface area contributed by atoms with Gasteiger partial charge in [0, 0.05) is 42.1 Å². The molecule has 1 aliphatic heterocycles. The first-order valence-electron chi connectivity index (χ1n) is 11.6. The van der Waals surface area contributed by atoms with Gasteiger partial charge in [-0.05, 0) is 69.1 Å². The summed E-state index contributed by atoms with van der Waals surface area (Å²) in [7, 11) is 0. The molecule has 1 aliphatic rings. The van der Waals surface area contributed by atoms with E-state index in [1.165, 1.54) is 34.5 Å². The Bertz CT molecular complexity index is 748. The van der Waals surface area contributed by atoms with Gasteiger partial charge in [0.1, 0.15) is 0 Å². The number of likely N-dealkylation sites (N-methyl/N-ethyl adjacent to an activating group) is 1. The summed E-state index contributed by atoms with van der Waals surface area (Å²) >= 11 is 0. The van der Waals surface area contributed by atoms with Gasteiger partial charge in [0.05, 0.1) is 6.54 Å². The summed E-state index contributed by atoms with van der Waals surface area (Å²) in [5.74, 6) is 0.967. The zero-order valence-corrected chi connectivity index (χ0v) is 20.0. The van der Waals surface area contributed by atoms with Gasteiger partial charge in [-0.3, -0.25) is 0 Å². The Morgan fingerprint density at radius 3 is 2.60 bits per heavy atom. The first-order chi connectivity index (χ1) is 14.3. The summed E-state index contributed by atoms with van der Waals surface area (Å²) in [6.45, 7) is 26.9. The number of nitrogens with zero attached hydrogens (tertiary/aromatic N) is 1. The van der Waals surface area contributed by atoms with Crippen molar-refractivity contribution in [3.05, 3.63) is 71.7 Å². The van der Waals surface area contributed by atoms with Gasteiger partial charge in [-0.1, -0.05) is 51.8 Å². The van der Waals surface area contributed by atoms with Crippen molar-refractivity contribution in [3.8, 4) is 0 Å². The first kappa shape index (κ1) is 24.1. The lowest BCUT2D eigenvalue weighted by Crippen LogP contribution is -2.35. The normalized spacial score (nSPS) is 17.9. The molecule has 1 fully saturated rings. The Kier molecular flexibility index (Phi) is 9.08. The highest BCUT2D eigenvalue weighted by Gasteiger charge is 2.22. The molecule has 3 heteroatoms. The van der Waals surface area contributed by atoms with Crippen molar-refractivity contribution < 1.29 is 0 Å². The average molecular weight is 410 g/mol. The van der Waals surface area contributed by atoms with E-state index in [1.807, 2.05) is 0 Å². The predicted molar refractivity (Wildman–Crippen MR) is 131 cm³/mol. The van der Waals surface area contributed by atoms with E-state index in [1.54, 1.807) is 0 Å². The first-order valence-corrected chi connectivity index (χ1v) is 11.6. The molecule has 1 aromatic rings. The van der Waals surface area contributed by atoms with Crippen molar-refractivity contribution in [2.45, 2.75) is 66.3 Å². The molecule has 0 spiro atoms. The molecule has 0 saturated carbocycles. The van der Waals surface area contributed by atoms with Gasteiger partial charge in [-0.25, -0.2) is 0 Å². The van der Waals surface area contributed by atoms with E-state index < -0.39 is 0 Å². The van der Waals surface area contributed by atoms with Gasteiger partial charge in [0.2, 0.25) is 0 Å². The quantitative estimate of drug-likeness (QED) is 0.472. The summed E-state index contributed by atoms with van der Waals surface area (Å²) in [6, 6.07) is 7.05. The predicted octanol–water partition coefficient (Wildman–Crippen LogP) is 5.58. The molecule has 3 atom stereocenters. The Morgan fingerprint density at radius 1 is 1.27 bits per heavy atom. The molecule has 0 amide bonds. The molecular weight excluding hydrogens is 366 g/mol. The topological polar surface area (TPSA) is 27.3 Å². The summed E-state index contributed by atoms with van der Waals surface area (Å²) < 4.78 is 0. The number of hydrogen-bond donors (Lipinski definition) is 2. The van der Waals surface area contributed by atoms with E-state index in [0.717, 1.165) is 44.6 Å². The molecule has 3 unspecified atom stereocenters. The molecule has 2 N–H and O–H groups in total. The molecule has 2 rings (SSSR count). The third kappa shape index (κ3) is 6.42. The van der Waals surface area contributed by atoms with Crippen LogP contribution in [-0.4, -0.2) is 30.6 Å². The summed E-state index contributed by atoms with van der Waals surface area (Å²) in [5.41, 5.74) is 7.79. The van der Waals surface area contributed by atoms with Gasteiger partial charge < -0.3 is 15.5 Å². The van der Waals surface area contributed by atoms with Gasteiger partial charge in [-0.15, -0.1) is 0 Å². The minimum absolute atomic E-state index is 0.391. The van der Waals surface area contributed by atoms with E-state index >= 15 is 0 Å². The number of aryl methyl sites for hydroxylation is 2. The summed E-state index contributed by atoms with van der Waals surface area (Å²) in [6.07, 6.45) is 4.40. The van der Waals surface area contributed by atoms with Crippen LogP contribution >= 0.6 is 0 Å². The van der Waals surface area contributed by atoms with E-state index in [-0.39, 0.29) is 0 Å². The maximum absolute atomic E-state index is 4.47. The van der Waals surface area contributed by atoms with Gasteiger partial charge in [0.25, 0.3) is 0 Å². The van der Waals surface area contributed by atoms with Crippen LogP contribution < -0.4 is 10.6 Å². The van der Waals surface area contributed by atoms with Crippen LogP contribution in [-0.2, 0) is 12.8 Å². The fourth-order valence-corrected chi connectivity index (χ4v) is 4.63. The Labute approximate surface area is 185 Å². The fourth-order valence-electron chi connectivity index (χ4n) is 4.63. The molecule has 0 bridgehead atoms. The van der Waals surface area contributed by atoms with Gasteiger partial charge in [-0.2, -0.15) is 0 Å². The van der Waals surface area contributed by atoms with E-state index in [0.29, 0.717) is 17.9 Å². The highest BCUT2D eigenvalue weighted by molar-refractivity contribution is 5.35. The minimum Gasteiger partial charge on any atom is -0.389 e. The standard InChI is InChI=1S/C27H43N3/c1-9-25-13-11-12-19(3)27(25)16-20(4)24(8)30(10-2)18-22(6)29-21(5)17-26-14-15-28-23(26)7/h11-13,20-21,26,28-29H,6-10,14-18H2,1-5H3. The molecule has 0 aromatic heterocycles. The van der Waals surface area contributed by atoms with Crippen LogP contribution in [0.3, 0.4) is 0 Å². The van der Waals surface area contributed by atoms with Crippen molar-refractivity contribution in [1.29, 1.82) is 0 Å². The highest BCUT2D eigenvalue weighted by Crippen LogP contribution is 2.25. The molecule has 0 radical (unpaired) electrons. The minimum atomic E-state index is 0.391. The maximum atomic E-state index is 4.47. The molecular formula is C27H43N3. The second-order valence-corrected chi connectivity index (χ2v) is 9.00. The van der Waals surface area contributed by atoms with Crippen molar-refractivity contribution in [2.75, 3.05) is 19.6 Å². The molecule has 3 nitrogen and oxygen atoms in total. The molecule has 166 valence electrons. The molecule has 1 aromatic carbocycles. The Balaban J connectivity index is 1.92. The van der Waals surface area contributed by atoms with E-state index in [4.69, 9.17) is 0 Å². The average Bonchev–Trinajstić information content (AvgIpc) is 3.11. The van der Waals surface area contributed by atoms with Crippen LogP contribution in [0, 0.1) is 18.8 Å². The van der Waals surface area contributed by atoms with Crippen molar-refractivity contribution in [1.82, 2.24) is 15.5 Å². The van der Waals surface area contributed by atoms with Crippen LogP contribution in [0.4, 0.5) is 0 Å². The third-order valence-corrected chi connectivity index (χ3v) is 6.56. The molecule has 0 aliphatic carbocycles. The number of benzene rings is 1. The third-order valence-electron chi connectivity index (χ3n) is 6.56. The van der Waals surface area contributed by atoms with Gasteiger partial charge in [0.15, 0.2) is 0 Å².